The minimum atomic E-state index is 0.626. The molecule has 1 heteroatoms. The Bertz CT molecular complexity index is 300. The molecule has 3 atom stereocenters. The van der Waals surface area contributed by atoms with Gasteiger partial charge in [-0.05, 0) is 51.5 Å². The zero-order chi connectivity index (χ0) is 15.8. The highest BCUT2D eigenvalue weighted by molar-refractivity contribution is 5.04. The molecule has 0 spiro atoms. The van der Waals surface area contributed by atoms with Crippen molar-refractivity contribution in [3.63, 3.8) is 0 Å². The summed E-state index contributed by atoms with van der Waals surface area (Å²) in [5, 5.41) is 0. The van der Waals surface area contributed by atoms with Crippen molar-refractivity contribution in [3.05, 3.63) is 0 Å². The zero-order valence-electron chi connectivity index (χ0n) is 15.7. The molecule has 2 heterocycles. The summed E-state index contributed by atoms with van der Waals surface area (Å²) in [5.41, 5.74) is 0.626. The van der Waals surface area contributed by atoms with Gasteiger partial charge in [0.15, 0.2) is 0 Å². The van der Waals surface area contributed by atoms with E-state index in [0.29, 0.717) is 5.54 Å². The lowest BCUT2D eigenvalue weighted by molar-refractivity contribution is 0.120. The average molecular weight is 308 g/mol. The van der Waals surface area contributed by atoms with Crippen LogP contribution in [0.25, 0.3) is 0 Å². The van der Waals surface area contributed by atoms with Crippen molar-refractivity contribution in [2.24, 2.45) is 5.92 Å². The molecule has 130 valence electrons. The Hall–Kier alpha value is -0.0400. The molecular formula is C21H41N. The predicted molar refractivity (Wildman–Crippen MR) is 98.4 cm³/mol. The molecule has 0 aliphatic carbocycles. The van der Waals surface area contributed by atoms with Crippen molar-refractivity contribution in [2.75, 3.05) is 6.54 Å². The molecule has 2 aliphatic rings. The summed E-state index contributed by atoms with van der Waals surface area (Å²) >= 11 is 0. The van der Waals surface area contributed by atoms with Crippen molar-refractivity contribution >= 4 is 0 Å². The molecule has 2 rings (SSSR count). The summed E-state index contributed by atoms with van der Waals surface area (Å²) in [6.07, 6.45) is 20.5. The Morgan fingerprint density at radius 3 is 2.45 bits per heavy atom. The molecule has 0 radical (unpaired) electrons. The number of hydrogen-bond donors (Lipinski definition) is 0. The second-order valence-electron chi connectivity index (χ2n) is 8.32. The highest BCUT2D eigenvalue weighted by atomic mass is 15.3. The van der Waals surface area contributed by atoms with E-state index in [2.05, 4.69) is 25.7 Å². The molecule has 0 aromatic heterocycles. The predicted octanol–water partition coefficient (Wildman–Crippen LogP) is 6.56. The van der Waals surface area contributed by atoms with Crippen LogP contribution in [0.4, 0.5) is 0 Å². The minimum absolute atomic E-state index is 0.626. The summed E-state index contributed by atoms with van der Waals surface area (Å²) in [6.45, 7) is 8.53. The van der Waals surface area contributed by atoms with Crippen LogP contribution in [-0.4, -0.2) is 23.0 Å². The first-order chi connectivity index (χ1) is 10.7. The van der Waals surface area contributed by atoms with Gasteiger partial charge in [-0.15, -0.1) is 0 Å². The molecule has 1 nitrogen and oxygen atoms in total. The standard InChI is InChI=1S/C21H41N/c1-4-6-8-9-10-13-20(12-7-5-2)18-21-15-11-17-22(21)19(3)14-16-21/h19-20H,4-18H2,1-3H3. The molecule has 0 saturated carbocycles. The molecule has 0 aromatic carbocycles. The van der Waals surface area contributed by atoms with Crippen LogP contribution in [0.1, 0.15) is 111 Å². The fraction of sp³-hybridized carbons (Fsp3) is 1.00. The molecule has 2 saturated heterocycles. The van der Waals surface area contributed by atoms with E-state index in [9.17, 15) is 0 Å². The van der Waals surface area contributed by atoms with Gasteiger partial charge >= 0.3 is 0 Å². The average Bonchev–Trinajstić information content (AvgIpc) is 3.05. The van der Waals surface area contributed by atoms with Gasteiger partial charge in [0.2, 0.25) is 0 Å². The van der Waals surface area contributed by atoms with Gasteiger partial charge in [0.1, 0.15) is 0 Å². The first-order valence-corrected chi connectivity index (χ1v) is 10.5. The first kappa shape index (κ1) is 18.3. The third kappa shape index (κ3) is 4.73. The summed E-state index contributed by atoms with van der Waals surface area (Å²) in [4.78, 5) is 2.91. The maximum Gasteiger partial charge on any atom is 0.0216 e. The van der Waals surface area contributed by atoms with E-state index in [1.54, 1.807) is 0 Å². The van der Waals surface area contributed by atoms with Crippen LogP contribution >= 0.6 is 0 Å². The Labute approximate surface area is 140 Å². The van der Waals surface area contributed by atoms with Gasteiger partial charge in [-0.1, -0.05) is 71.6 Å². The van der Waals surface area contributed by atoms with Crippen LogP contribution in [0.15, 0.2) is 0 Å². The molecule has 3 unspecified atom stereocenters. The summed E-state index contributed by atoms with van der Waals surface area (Å²) < 4.78 is 0. The number of fused-ring (bicyclic) bond motifs is 1. The van der Waals surface area contributed by atoms with Crippen LogP contribution in [-0.2, 0) is 0 Å². The van der Waals surface area contributed by atoms with E-state index < -0.39 is 0 Å². The number of unbranched alkanes of at least 4 members (excludes halogenated alkanes) is 5. The number of rotatable bonds is 11. The van der Waals surface area contributed by atoms with Crippen molar-refractivity contribution < 1.29 is 0 Å². The van der Waals surface area contributed by atoms with E-state index in [0.717, 1.165) is 12.0 Å². The maximum atomic E-state index is 2.91. The lowest BCUT2D eigenvalue weighted by Gasteiger charge is -2.37. The SMILES string of the molecule is CCCCCCCC(CCCC)CC12CCCN1C(C)CC2. The van der Waals surface area contributed by atoms with Crippen LogP contribution in [0.2, 0.25) is 0 Å². The van der Waals surface area contributed by atoms with Crippen LogP contribution < -0.4 is 0 Å². The van der Waals surface area contributed by atoms with Gasteiger partial charge in [0.25, 0.3) is 0 Å². The molecule has 22 heavy (non-hydrogen) atoms. The molecule has 0 bridgehead atoms. The topological polar surface area (TPSA) is 3.24 Å². The Kier molecular flexibility index (Phi) is 7.74. The zero-order valence-corrected chi connectivity index (χ0v) is 15.7. The lowest BCUT2D eigenvalue weighted by Crippen LogP contribution is -2.42. The largest absolute Gasteiger partial charge is 0.295 e. The van der Waals surface area contributed by atoms with Crippen molar-refractivity contribution in [3.8, 4) is 0 Å². The highest BCUT2D eigenvalue weighted by Crippen LogP contribution is 2.47. The normalized spacial score (nSPS) is 29.9. The highest BCUT2D eigenvalue weighted by Gasteiger charge is 2.47. The lowest BCUT2D eigenvalue weighted by atomic mass is 9.80. The minimum Gasteiger partial charge on any atom is -0.295 e. The van der Waals surface area contributed by atoms with E-state index in [1.165, 1.54) is 96.4 Å². The molecule has 0 amide bonds. The third-order valence-electron chi connectivity index (χ3n) is 6.56. The first-order valence-electron chi connectivity index (χ1n) is 10.5. The monoisotopic (exact) mass is 307 g/mol. The van der Waals surface area contributed by atoms with Gasteiger partial charge < -0.3 is 0 Å². The van der Waals surface area contributed by atoms with Crippen molar-refractivity contribution in [1.82, 2.24) is 4.90 Å². The molecule has 0 N–H and O–H groups in total. The smallest absolute Gasteiger partial charge is 0.0216 e. The Morgan fingerprint density at radius 2 is 1.68 bits per heavy atom. The summed E-state index contributed by atoms with van der Waals surface area (Å²) in [6, 6.07) is 0.860. The van der Waals surface area contributed by atoms with Gasteiger partial charge in [0.05, 0.1) is 0 Å². The Balaban J connectivity index is 1.83. The van der Waals surface area contributed by atoms with E-state index in [-0.39, 0.29) is 0 Å². The molecule has 2 aliphatic heterocycles. The quantitative estimate of drug-likeness (QED) is 0.391. The summed E-state index contributed by atoms with van der Waals surface area (Å²) in [5.74, 6) is 1.01. The maximum absolute atomic E-state index is 2.91. The van der Waals surface area contributed by atoms with Crippen LogP contribution in [0, 0.1) is 5.92 Å². The number of hydrogen-bond acceptors (Lipinski definition) is 1. The Morgan fingerprint density at radius 1 is 0.955 bits per heavy atom. The van der Waals surface area contributed by atoms with E-state index >= 15 is 0 Å². The van der Waals surface area contributed by atoms with E-state index in [4.69, 9.17) is 0 Å². The fourth-order valence-corrected chi connectivity index (χ4v) is 5.29. The number of nitrogens with zero attached hydrogens (tertiary/aromatic N) is 1. The van der Waals surface area contributed by atoms with Gasteiger partial charge in [0, 0.05) is 11.6 Å². The molecule has 2 fully saturated rings. The van der Waals surface area contributed by atoms with Crippen LogP contribution in [0.3, 0.4) is 0 Å². The molecule has 0 aromatic rings. The van der Waals surface area contributed by atoms with Crippen molar-refractivity contribution in [1.29, 1.82) is 0 Å². The van der Waals surface area contributed by atoms with E-state index in [1.807, 2.05) is 0 Å². The van der Waals surface area contributed by atoms with Gasteiger partial charge in [-0.3, -0.25) is 4.90 Å². The second-order valence-corrected chi connectivity index (χ2v) is 8.32. The third-order valence-corrected chi connectivity index (χ3v) is 6.56. The fourth-order valence-electron chi connectivity index (χ4n) is 5.29. The summed E-state index contributed by atoms with van der Waals surface area (Å²) in [7, 11) is 0. The second kappa shape index (κ2) is 9.30. The van der Waals surface area contributed by atoms with Crippen molar-refractivity contribution in [2.45, 2.75) is 122 Å². The van der Waals surface area contributed by atoms with Gasteiger partial charge in [-0.25, -0.2) is 0 Å². The molecular weight excluding hydrogens is 266 g/mol. The van der Waals surface area contributed by atoms with Crippen LogP contribution in [0.5, 0.6) is 0 Å². The van der Waals surface area contributed by atoms with Gasteiger partial charge in [-0.2, -0.15) is 0 Å².